The highest BCUT2D eigenvalue weighted by Gasteiger charge is 2.32. The second-order valence-corrected chi connectivity index (χ2v) is 5.95. The van der Waals surface area contributed by atoms with E-state index >= 15 is 0 Å². The van der Waals surface area contributed by atoms with Crippen LogP contribution in [0.2, 0.25) is 0 Å². The summed E-state index contributed by atoms with van der Waals surface area (Å²) >= 11 is 1.60. The molecule has 4 rings (SSSR count). The van der Waals surface area contributed by atoms with Crippen molar-refractivity contribution >= 4 is 21.4 Å². The number of fused-ring (bicyclic) bond motifs is 1. The average molecular weight is 290 g/mol. The first kappa shape index (κ1) is 11.8. The van der Waals surface area contributed by atoms with Crippen LogP contribution < -0.4 is 4.90 Å². The number of imidazole rings is 1. The first-order valence-corrected chi connectivity index (χ1v) is 7.42. The van der Waals surface area contributed by atoms with E-state index in [1.807, 2.05) is 24.6 Å². The lowest BCUT2D eigenvalue weighted by Crippen LogP contribution is -2.23. The fourth-order valence-corrected chi connectivity index (χ4v) is 3.63. The van der Waals surface area contributed by atoms with Gasteiger partial charge in [-0.15, -0.1) is 5.10 Å². The molecule has 0 saturated carbocycles. The summed E-state index contributed by atoms with van der Waals surface area (Å²) in [4.78, 5) is 12.0. The molecule has 1 aliphatic rings. The summed E-state index contributed by atoms with van der Waals surface area (Å²) in [6.45, 7) is 4.76. The molecule has 1 saturated heterocycles. The number of rotatable bonds is 2. The van der Waals surface area contributed by atoms with Crippen LogP contribution in [0.3, 0.4) is 0 Å². The molecule has 8 heteroatoms. The molecule has 4 heterocycles. The molecule has 0 amide bonds. The minimum atomic E-state index is 0.157. The van der Waals surface area contributed by atoms with Crippen molar-refractivity contribution in [3.8, 4) is 0 Å². The monoisotopic (exact) mass is 290 g/mol. The van der Waals surface area contributed by atoms with E-state index in [9.17, 15) is 0 Å². The van der Waals surface area contributed by atoms with Gasteiger partial charge in [0.1, 0.15) is 0 Å². The van der Waals surface area contributed by atoms with Crippen molar-refractivity contribution < 1.29 is 4.52 Å². The summed E-state index contributed by atoms with van der Waals surface area (Å²) in [6, 6.07) is 0.157. The zero-order chi connectivity index (χ0) is 13.7. The van der Waals surface area contributed by atoms with Crippen molar-refractivity contribution in [3.63, 3.8) is 0 Å². The van der Waals surface area contributed by atoms with Gasteiger partial charge in [-0.1, -0.05) is 16.5 Å². The summed E-state index contributed by atoms with van der Waals surface area (Å²) in [7, 11) is 0. The molecule has 0 spiro atoms. The standard InChI is InChI=1S/C12H14N6OS/c1-7-6-18-11(13-7)20-12(15-18)17-5-3-4-9(17)10-14-8(2)19-16-10/h6,9H,3-5H2,1-2H3. The highest BCUT2D eigenvalue weighted by Crippen LogP contribution is 2.36. The maximum absolute atomic E-state index is 5.10. The quantitative estimate of drug-likeness (QED) is 0.720. The molecule has 20 heavy (non-hydrogen) atoms. The smallest absolute Gasteiger partial charge is 0.223 e. The molecule has 1 atom stereocenters. The molecule has 0 N–H and O–H groups in total. The van der Waals surface area contributed by atoms with E-state index < -0.39 is 0 Å². The average Bonchev–Trinajstić information content (AvgIpc) is 3.09. The van der Waals surface area contributed by atoms with Gasteiger partial charge in [-0.25, -0.2) is 9.50 Å². The van der Waals surface area contributed by atoms with Crippen LogP contribution in [0, 0.1) is 13.8 Å². The molecule has 0 bridgehead atoms. The lowest BCUT2D eigenvalue weighted by molar-refractivity contribution is 0.383. The van der Waals surface area contributed by atoms with E-state index in [4.69, 9.17) is 4.52 Å². The van der Waals surface area contributed by atoms with Gasteiger partial charge < -0.3 is 9.42 Å². The fraction of sp³-hybridized carbons (Fsp3) is 0.500. The summed E-state index contributed by atoms with van der Waals surface area (Å²) in [5, 5.41) is 9.64. The number of aromatic nitrogens is 5. The molecule has 0 aliphatic carbocycles. The molecular weight excluding hydrogens is 276 g/mol. The first-order valence-electron chi connectivity index (χ1n) is 6.60. The van der Waals surface area contributed by atoms with Crippen LogP contribution in [-0.2, 0) is 0 Å². The van der Waals surface area contributed by atoms with E-state index in [1.54, 1.807) is 11.3 Å². The van der Waals surface area contributed by atoms with Gasteiger partial charge in [-0.3, -0.25) is 0 Å². The van der Waals surface area contributed by atoms with Crippen molar-refractivity contribution in [1.29, 1.82) is 0 Å². The van der Waals surface area contributed by atoms with Crippen LogP contribution in [0.1, 0.15) is 36.3 Å². The van der Waals surface area contributed by atoms with Crippen LogP contribution in [0.25, 0.3) is 4.96 Å². The lowest BCUT2D eigenvalue weighted by Gasteiger charge is -2.20. The van der Waals surface area contributed by atoms with Crippen LogP contribution in [-0.4, -0.2) is 31.3 Å². The third-order valence-electron chi connectivity index (χ3n) is 3.49. The molecule has 3 aromatic heterocycles. The third kappa shape index (κ3) is 1.79. The molecule has 1 fully saturated rings. The SMILES string of the molecule is Cc1cn2nc(N3CCCC3c3noc(C)n3)sc2n1. The van der Waals surface area contributed by atoms with E-state index in [2.05, 4.69) is 25.1 Å². The van der Waals surface area contributed by atoms with Crippen molar-refractivity contribution in [2.75, 3.05) is 11.4 Å². The van der Waals surface area contributed by atoms with Gasteiger partial charge >= 0.3 is 0 Å². The normalized spacial score (nSPS) is 19.3. The van der Waals surface area contributed by atoms with Gasteiger partial charge in [0.15, 0.2) is 5.82 Å². The van der Waals surface area contributed by atoms with E-state index in [0.29, 0.717) is 5.89 Å². The number of hydrogen-bond donors (Lipinski definition) is 0. The Kier molecular flexibility index (Phi) is 2.53. The van der Waals surface area contributed by atoms with Gasteiger partial charge in [0.25, 0.3) is 0 Å². The molecule has 104 valence electrons. The van der Waals surface area contributed by atoms with Crippen molar-refractivity contribution in [1.82, 2.24) is 24.7 Å². The number of nitrogens with zero attached hydrogens (tertiary/aromatic N) is 6. The molecular formula is C12H14N6OS. The minimum Gasteiger partial charge on any atom is -0.340 e. The summed E-state index contributed by atoms with van der Waals surface area (Å²) in [5.74, 6) is 1.36. The Morgan fingerprint density at radius 3 is 3.00 bits per heavy atom. The van der Waals surface area contributed by atoms with Crippen molar-refractivity contribution in [2.45, 2.75) is 32.7 Å². The molecule has 1 unspecified atom stereocenters. The summed E-state index contributed by atoms with van der Waals surface area (Å²) in [6.07, 6.45) is 4.08. The van der Waals surface area contributed by atoms with Crippen LogP contribution >= 0.6 is 11.3 Å². The lowest BCUT2D eigenvalue weighted by atomic mass is 10.2. The van der Waals surface area contributed by atoms with Crippen molar-refractivity contribution in [3.05, 3.63) is 23.6 Å². The van der Waals surface area contributed by atoms with Gasteiger partial charge in [0, 0.05) is 13.5 Å². The molecule has 0 radical (unpaired) electrons. The van der Waals surface area contributed by atoms with Crippen LogP contribution in [0.4, 0.5) is 5.13 Å². The van der Waals surface area contributed by atoms with Gasteiger partial charge in [0.05, 0.1) is 17.9 Å². The Labute approximate surface area is 119 Å². The largest absolute Gasteiger partial charge is 0.340 e. The first-order chi connectivity index (χ1) is 9.70. The van der Waals surface area contributed by atoms with Crippen LogP contribution in [0.15, 0.2) is 10.7 Å². The Hall–Kier alpha value is -1.96. The predicted molar refractivity (Wildman–Crippen MR) is 74.0 cm³/mol. The zero-order valence-corrected chi connectivity index (χ0v) is 12.1. The second kappa shape index (κ2) is 4.27. The molecule has 0 aromatic carbocycles. The minimum absolute atomic E-state index is 0.157. The zero-order valence-electron chi connectivity index (χ0n) is 11.3. The Morgan fingerprint density at radius 2 is 2.25 bits per heavy atom. The van der Waals surface area contributed by atoms with Crippen molar-refractivity contribution in [2.24, 2.45) is 0 Å². The second-order valence-electron chi connectivity index (χ2n) is 5.02. The predicted octanol–water partition coefficient (Wildman–Crippen LogP) is 2.13. The van der Waals surface area contributed by atoms with Gasteiger partial charge in [-0.2, -0.15) is 4.98 Å². The number of anilines is 1. The maximum atomic E-state index is 5.10. The molecule has 7 nitrogen and oxygen atoms in total. The van der Waals surface area contributed by atoms with E-state index in [0.717, 1.165) is 41.0 Å². The highest BCUT2D eigenvalue weighted by atomic mass is 32.1. The highest BCUT2D eigenvalue weighted by molar-refractivity contribution is 7.20. The fourth-order valence-electron chi connectivity index (χ4n) is 2.63. The van der Waals surface area contributed by atoms with E-state index in [1.165, 1.54) is 0 Å². The van der Waals surface area contributed by atoms with Gasteiger partial charge in [0.2, 0.25) is 16.0 Å². The van der Waals surface area contributed by atoms with E-state index in [-0.39, 0.29) is 6.04 Å². The topological polar surface area (TPSA) is 72.3 Å². The summed E-state index contributed by atoms with van der Waals surface area (Å²) < 4.78 is 6.94. The molecule has 1 aliphatic heterocycles. The Bertz CT molecular complexity index is 728. The third-order valence-corrected chi connectivity index (χ3v) is 4.45. The molecule has 3 aromatic rings. The van der Waals surface area contributed by atoms with Gasteiger partial charge in [-0.05, 0) is 19.8 Å². The Balaban J connectivity index is 1.70. The Morgan fingerprint density at radius 1 is 1.35 bits per heavy atom. The summed E-state index contributed by atoms with van der Waals surface area (Å²) in [5.41, 5.74) is 0.988. The number of aryl methyl sites for hydroxylation is 2. The number of hydrogen-bond acceptors (Lipinski definition) is 7. The van der Waals surface area contributed by atoms with Crippen LogP contribution in [0.5, 0.6) is 0 Å². The maximum Gasteiger partial charge on any atom is 0.223 e.